The van der Waals surface area contributed by atoms with Crippen LogP contribution in [-0.2, 0) is 6.42 Å². The molecule has 0 spiro atoms. The van der Waals surface area contributed by atoms with Crippen molar-refractivity contribution in [1.82, 2.24) is 19.5 Å². The van der Waals surface area contributed by atoms with Crippen LogP contribution in [0.2, 0.25) is 0 Å². The van der Waals surface area contributed by atoms with Gasteiger partial charge in [-0.2, -0.15) is 0 Å². The van der Waals surface area contributed by atoms with Gasteiger partial charge in [-0.3, -0.25) is 0 Å². The zero-order valence-electron chi connectivity index (χ0n) is 17.6. The number of nitrogens with zero attached hydrogens (tertiary/aromatic N) is 4. The van der Waals surface area contributed by atoms with Gasteiger partial charge in [0.05, 0.1) is 27.5 Å². The predicted octanol–water partition coefficient (Wildman–Crippen LogP) is 3.28. The van der Waals surface area contributed by atoms with E-state index in [0.717, 1.165) is 50.6 Å². The van der Waals surface area contributed by atoms with Crippen molar-refractivity contribution >= 4 is 49.5 Å². The lowest BCUT2D eigenvalue weighted by Crippen LogP contribution is -2.29. The molecule has 4 atom stereocenters. The maximum Gasteiger partial charge on any atom is 0.145 e. The Morgan fingerprint density at radius 1 is 1.19 bits per heavy atom. The van der Waals surface area contributed by atoms with Gasteiger partial charge < -0.3 is 25.8 Å². The summed E-state index contributed by atoms with van der Waals surface area (Å²) in [6, 6.07) is 9.84. The summed E-state index contributed by atoms with van der Waals surface area (Å²) in [7, 11) is 1.82. The number of aliphatic hydroxyl groups excluding tert-OH is 2. The van der Waals surface area contributed by atoms with Gasteiger partial charge in [-0.25, -0.2) is 15.0 Å². The van der Waals surface area contributed by atoms with Gasteiger partial charge in [-0.15, -0.1) is 0 Å². The quantitative estimate of drug-likeness (QED) is 0.334. The number of nitrogen functional groups attached to an aromatic ring is 1. The Bertz CT molecular complexity index is 1290. The molecule has 0 aliphatic heterocycles. The number of rotatable bonds is 5. The number of hydrogen-bond donors (Lipinski definition) is 4. The molecule has 166 valence electrons. The van der Waals surface area contributed by atoms with Gasteiger partial charge in [0, 0.05) is 18.6 Å². The molecular formula is C23H25BrN6O2. The first-order chi connectivity index (χ1) is 15.5. The number of halogens is 1. The molecule has 4 aromatic rings. The van der Waals surface area contributed by atoms with E-state index in [2.05, 4.69) is 42.3 Å². The molecule has 5 rings (SSSR count). The Morgan fingerprint density at radius 3 is 2.84 bits per heavy atom. The normalized spacial score (nSPS) is 23.2. The lowest BCUT2D eigenvalue weighted by atomic mass is 9.95. The number of benzene rings is 1. The highest BCUT2D eigenvalue weighted by Gasteiger charge is 2.42. The van der Waals surface area contributed by atoms with Gasteiger partial charge in [-0.1, -0.05) is 12.1 Å². The first-order valence-corrected chi connectivity index (χ1v) is 11.5. The third-order valence-electron chi connectivity index (χ3n) is 6.54. The number of nitrogens with one attached hydrogen (secondary N) is 1. The molecular weight excluding hydrogens is 472 g/mol. The van der Waals surface area contributed by atoms with Crippen molar-refractivity contribution in [2.24, 2.45) is 5.92 Å². The highest BCUT2D eigenvalue weighted by atomic mass is 79.9. The number of aromatic nitrogens is 4. The fourth-order valence-corrected chi connectivity index (χ4v) is 5.14. The number of pyridine rings is 1. The zero-order chi connectivity index (χ0) is 22.4. The predicted molar refractivity (Wildman–Crippen MR) is 128 cm³/mol. The van der Waals surface area contributed by atoms with Crippen LogP contribution in [0.25, 0.3) is 21.9 Å². The van der Waals surface area contributed by atoms with Crippen LogP contribution in [0.15, 0.2) is 47.3 Å². The fraction of sp³-hybridized carbons (Fsp3) is 0.348. The maximum atomic E-state index is 10.8. The van der Waals surface area contributed by atoms with Crippen molar-refractivity contribution in [3.63, 3.8) is 0 Å². The number of aliphatic hydroxyl groups is 2. The van der Waals surface area contributed by atoms with Crippen LogP contribution in [0, 0.1) is 5.92 Å². The molecule has 8 nitrogen and oxygen atoms in total. The summed E-state index contributed by atoms with van der Waals surface area (Å²) in [4.78, 5) is 13.1. The SMILES string of the molecule is CNc1ncnc2c1ccn2[C@@H]1C[C@H](CCc2ccc3cc(Br)c(N)nc3c2)[C@@H](O)[C@H]1O. The molecule has 32 heavy (non-hydrogen) atoms. The molecule has 3 aromatic heterocycles. The van der Waals surface area contributed by atoms with Crippen LogP contribution in [0.3, 0.4) is 0 Å². The minimum absolute atomic E-state index is 0.0169. The Morgan fingerprint density at radius 2 is 2.03 bits per heavy atom. The van der Waals surface area contributed by atoms with Crippen molar-refractivity contribution in [2.75, 3.05) is 18.1 Å². The molecule has 5 N–H and O–H groups in total. The van der Waals surface area contributed by atoms with Gasteiger partial charge >= 0.3 is 0 Å². The molecule has 1 fully saturated rings. The summed E-state index contributed by atoms with van der Waals surface area (Å²) < 4.78 is 2.75. The number of hydrogen-bond acceptors (Lipinski definition) is 7. The average Bonchev–Trinajstić information content (AvgIpc) is 3.34. The molecule has 1 saturated carbocycles. The molecule has 1 aliphatic carbocycles. The van der Waals surface area contributed by atoms with Crippen molar-refractivity contribution < 1.29 is 10.2 Å². The second-order valence-corrected chi connectivity index (χ2v) is 9.25. The van der Waals surface area contributed by atoms with E-state index < -0.39 is 12.2 Å². The van der Waals surface area contributed by atoms with Crippen LogP contribution >= 0.6 is 15.9 Å². The van der Waals surface area contributed by atoms with Crippen LogP contribution in [-0.4, -0.2) is 49.0 Å². The first-order valence-electron chi connectivity index (χ1n) is 10.7. The van der Waals surface area contributed by atoms with E-state index in [9.17, 15) is 10.2 Å². The Kier molecular flexibility index (Phi) is 5.48. The van der Waals surface area contributed by atoms with Gasteiger partial charge in [0.15, 0.2) is 0 Å². The molecule has 1 aliphatic rings. The van der Waals surface area contributed by atoms with Crippen molar-refractivity contribution in [3.05, 3.63) is 52.9 Å². The monoisotopic (exact) mass is 496 g/mol. The number of aryl methyl sites for hydroxylation is 1. The van der Waals surface area contributed by atoms with E-state index in [4.69, 9.17) is 5.73 Å². The van der Waals surface area contributed by atoms with E-state index in [0.29, 0.717) is 12.2 Å². The zero-order valence-corrected chi connectivity index (χ0v) is 19.2. The third kappa shape index (κ3) is 3.60. The van der Waals surface area contributed by atoms with E-state index in [1.807, 2.05) is 42.1 Å². The number of anilines is 2. The second kappa shape index (κ2) is 8.31. The summed E-state index contributed by atoms with van der Waals surface area (Å²) in [5, 5.41) is 26.6. The highest BCUT2D eigenvalue weighted by Crippen LogP contribution is 2.40. The molecule has 9 heteroatoms. The van der Waals surface area contributed by atoms with Crippen molar-refractivity contribution in [1.29, 1.82) is 0 Å². The molecule has 1 aromatic carbocycles. The topological polar surface area (TPSA) is 122 Å². The molecule has 3 heterocycles. The van der Waals surface area contributed by atoms with Gasteiger partial charge in [0.2, 0.25) is 0 Å². The summed E-state index contributed by atoms with van der Waals surface area (Å²) in [6.45, 7) is 0. The van der Waals surface area contributed by atoms with Crippen LogP contribution in [0.4, 0.5) is 11.6 Å². The molecule has 0 amide bonds. The molecule has 0 bridgehead atoms. The van der Waals surface area contributed by atoms with Gasteiger partial charge in [0.1, 0.15) is 29.7 Å². The van der Waals surface area contributed by atoms with E-state index in [1.54, 1.807) is 0 Å². The Labute approximate surface area is 193 Å². The van der Waals surface area contributed by atoms with E-state index >= 15 is 0 Å². The second-order valence-electron chi connectivity index (χ2n) is 8.40. The molecule has 0 unspecified atom stereocenters. The first kappa shape index (κ1) is 21.1. The van der Waals surface area contributed by atoms with E-state index in [-0.39, 0.29) is 12.0 Å². The van der Waals surface area contributed by atoms with Crippen LogP contribution in [0.5, 0.6) is 0 Å². The minimum atomic E-state index is -0.848. The summed E-state index contributed by atoms with van der Waals surface area (Å²) >= 11 is 3.41. The fourth-order valence-electron chi connectivity index (χ4n) is 4.81. The lowest BCUT2D eigenvalue weighted by Gasteiger charge is -2.19. The van der Waals surface area contributed by atoms with Gasteiger partial charge in [-0.05, 0) is 64.9 Å². The summed E-state index contributed by atoms with van der Waals surface area (Å²) in [5.74, 6) is 1.20. The van der Waals surface area contributed by atoms with Gasteiger partial charge in [0.25, 0.3) is 0 Å². The summed E-state index contributed by atoms with van der Waals surface area (Å²) in [6.07, 6.45) is 4.03. The van der Waals surface area contributed by atoms with E-state index in [1.165, 1.54) is 6.33 Å². The van der Waals surface area contributed by atoms with Crippen molar-refractivity contribution in [2.45, 2.75) is 37.5 Å². The highest BCUT2D eigenvalue weighted by molar-refractivity contribution is 9.10. The minimum Gasteiger partial charge on any atom is -0.390 e. The largest absolute Gasteiger partial charge is 0.390 e. The number of fused-ring (bicyclic) bond motifs is 2. The Balaban J connectivity index is 1.34. The standard InChI is InChI=1S/C23H25BrN6O2/c1-26-22-15-6-7-30(23(15)28-11-27-22)18-10-14(19(31)20(18)32)5-3-12-2-4-13-9-16(24)21(25)29-17(13)8-12/h2,4,6-9,11,14,18-20,31-32H,3,5,10H2,1H3,(H2,25,29)(H,26,27,28)/t14-,18+,19+,20-/m0/s1. The maximum absolute atomic E-state index is 10.8. The summed E-state index contributed by atoms with van der Waals surface area (Å²) in [5.41, 5.74) is 8.67. The lowest BCUT2D eigenvalue weighted by molar-refractivity contribution is 0.00545. The third-order valence-corrected chi connectivity index (χ3v) is 7.18. The molecule has 0 radical (unpaired) electrons. The molecule has 0 saturated heterocycles. The van der Waals surface area contributed by atoms with Crippen LogP contribution in [0.1, 0.15) is 24.4 Å². The Hall–Kier alpha value is -2.75. The smallest absolute Gasteiger partial charge is 0.145 e. The average molecular weight is 497 g/mol. The van der Waals surface area contributed by atoms with Crippen molar-refractivity contribution in [3.8, 4) is 0 Å². The van der Waals surface area contributed by atoms with Crippen LogP contribution < -0.4 is 11.1 Å². The number of nitrogens with two attached hydrogens (primary N) is 1.